The fraction of sp³-hybridized carbons (Fsp3) is 0.400. The van der Waals surface area contributed by atoms with Gasteiger partial charge in [0.1, 0.15) is 5.75 Å². The summed E-state index contributed by atoms with van der Waals surface area (Å²) in [6.07, 6.45) is 2.18. The number of fused-ring (bicyclic) bond motifs is 4. The third-order valence-corrected chi connectivity index (χ3v) is 11.1. The molecule has 0 spiro atoms. The summed E-state index contributed by atoms with van der Waals surface area (Å²) in [5, 5.41) is 10.5. The van der Waals surface area contributed by atoms with E-state index >= 15 is 0 Å². The zero-order valence-electron chi connectivity index (χ0n) is 21.9. The van der Waals surface area contributed by atoms with Crippen molar-refractivity contribution in [2.45, 2.75) is 48.9 Å². The van der Waals surface area contributed by atoms with Gasteiger partial charge in [0.2, 0.25) is 11.8 Å². The molecular weight excluding hydrogens is 619 g/mol. The van der Waals surface area contributed by atoms with Crippen molar-refractivity contribution in [1.82, 2.24) is 9.80 Å². The van der Waals surface area contributed by atoms with Crippen molar-refractivity contribution in [3.8, 4) is 5.75 Å². The van der Waals surface area contributed by atoms with Gasteiger partial charge in [0.15, 0.2) is 9.75 Å². The van der Waals surface area contributed by atoms with Crippen LogP contribution in [-0.2, 0) is 25.7 Å². The first-order valence-electron chi connectivity index (χ1n) is 13.1. The van der Waals surface area contributed by atoms with Gasteiger partial charge in [-0.25, -0.2) is 0 Å². The van der Waals surface area contributed by atoms with Crippen LogP contribution in [0.4, 0.5) is 0 Å². The van der Waals surface area contributed by atoms with Crippen LogP contribution >= 0.6 is 39.1 Å². The van der Waals surface area contributed by atoms with Gasteiger partial charge in [-0.1, -0.05) is 70.0 Å². The van der Waals surface area contributed by atoms with Crippen molar-refractivity contribution in [1.29, 1.82) is 0 Å². The number of aryl methyl sites for hydroxylation is 2. The van der Waals surface area contributed by atoms with E-state index in [0.717, 1.165) is 16.0 Å². The lowest BCUT2D eigenvalue weighted by atomic mass is 9.56. The lowest BCUT2D eigenvalue weighted by Crippen LogP contribution is -2.60. The van der Waals surface area contributed by atoms with Gasteiger partial charge >= 0.3 is 0 Å². The molecule has 2 aliphatic heterocycles. The molecule has 2 aromatic carbocycles. The molecule has 1 N–H and O–H groups in total. The molecule has 0 aromatic heterocycles. The van der Waals surface area contributed by atoms with Crippen LogP contribution in [0, 0.1) is 31.6 Å². The topological polar surface area (TPSA) is 95.0 Å². The summed E-state index contributed by atoms with van der Waals surface area (Å²) in [5.41, 5.74) is 3.29. The van der Waals surface area contributed by atoms with Gasteiger partial charge < -0.3 is 5.11 Å². The summed E-state index contributed by atoms with van der Waals surface area (Å²) in [6.45, 7) is 3.66. The Kier molecular flexibility index (Phi) is 6.48. The van der Waals surface area contributed by atoms with Gasteiger partial charge in [0.25, 0.3) is 11.8 Å². The second kappa shape index (κ2) is 9.43. The SMILES string of the molecule is Cc1cc([C@H]2C3=CC[C@@H]4C(=O)N(Cc5ccccc5)C(=O)[C@@H]4[C@@H]3C[C@@]3(Cl)C(=O)N(CBr)C(=O)[C@@]23Cl)cc(C)c1O. The maximum absolute atomic E-state index is 13.9. The highest BCUT2D eigenvalue weighted by molar-refractivity contribution is 9.09. The van der Waals surface area contributed by atoms with Gasteiger partial charge in [-0.2, -0.15) is 0 Å². The second-order valence-corrected chi connectivity index (χ2v) is 13.0. The number of imide groups is 2. The molecule has 2 heterocycles. The molecule has 4 amide bonds. The molecule has 10 heteroatoms. The average molecular weight is 646 g/mol. The second-order valence-electron chi connectivity index (χ2n) is 11.2. The van der Waals surface area contributed by atoms with Gasteiger partial charge in [0, 0.05) is 5.92 Å². The number of benzene rings is 2. The summed E-state index contributed by atoms with van der Waals surface area (Å²) >= 11 is 17.7. The number of halogens is 3. The Morgan fingerprint density at radius 3 is 2.23 bits per heavy atom. The number of phenolic OH excluding ortho intramolecular Hbond substituents is 1. The quantitative estimate of drug-likeness (QED) is 0.221. The Bertz CT molecular complexity index is 1490. The van der Waals surface area contributed by atoms with Crippen LogP contribution in [0.3, 0.4) is 0 Å². The Hall–Kier alpha value is -2.68. The monoisotopic (exact) mass is 644 g/mol. The van der Waals surface area contributed by atoms with Crippen LogP contribution in [0.15, 0.2) is 54.1 Å². The van der Waals surface area contributed by atoms with Crippen molar-refractivity contribution in [2.24, 2.45) is 17.8 Å². The molecule has 7 nitrogen and oxygen atoms in total. The van der Waals surface area contributed by atoms with Crippen molar-refractivity contribution >= 4 is 62.8 Å². The number of hydrogen-bond acceptors (Lipinski definition) is 5. The number of phenols is 1. The molecule has 4 aliphatic rings. The Morgan fingerprint density at radius 1 is 0.950 bits per heavy atom. The summed E-state index contributed by atoms with van der Waals surface area (Å²) in [4.78, 5) is 53.7. The summed E-state index contributed by atoms with van der Waals surface area (Å²) in [5.74, 6) is -4.40. The number of rotatable bonds is 4. The number of hydrogen-bond donors (Lipinski definition) is 1. The van der Waals surface area contributed by atoms with Gasteiger partial charge in [0.05, 0.1) is 23.8 Å². The molecule has 1 saturated carbocycles. The Balaban J connectivity index is 1.50. The van der Waals surface area contributed by atoms with E-state index < -0.39 is 45.2 Å². The Labute approximate surface area is 250 Å². The predicted molar refractivity (Wildman–Crippen MR) is 153 cm³/mol. The highest BCUT2D eigenvalue weighted by atomic mass is 79.9. The van der Waals surface area contributed by atoms with Crippen molar-refractivity contribution in [3.63, 3.8) is 0 Å². The number of aromatic hydroxyl groups is 1. The maximum atomic E-state index is 13.9. The first kappa shape index (κ1) is 27.5. The minimum absolute atomic E-state index is 0.0517. The molecule has 2 aliphatic carbocycles. The number of allylic oxidation sites excluding steroid dienone is 2. The molecule has 0 bridgehead atoms. The minimum atomic E-state index is -1.86. The average Bonchev–Trinajstić information content (AvgIpc) is 3.25. The summed E-state index contributed by atoms with van der Waals surface area (Å²) in [7, 11) is 0. The lowest BCUT2D eigenvalue weighted by molar-refractivity contribution is -0.141. The fourth-order valence-electron chi connectivity index (χ4n) is 7.27. The highest BCUT2D eigenvalue weighted by Gasteiger charge is 2.76. The number of alkyl halides is 3. The summed E-state index contributed by atoms with van der Waals surface area (Å²) < 4.78 is 0. The zero-order chi connectivity index (χ0) is 28.7. The van der Waals surface area contributed by atoms with E-state index in [2.05, 4.69) is 15.9 Å². The maximum Gasteiger partial charge on any atom is 0.254 e. The van der Waals surface area contributed by atoms with E-state index in [9.17, 15) is 24.3 Å². The van der Waals surface area contributed by atoms with Crippen molar-refractivity contribution in [3.05, 3.63) is 76.4 Å². The molecule has 208 valence electrons. The smallest absolute Gasteiger partial charge is 0.254 e. The highest BCUT2D eigenvalue weighted by Crippen LogP contribution is 2.65. The number of nitrogens with zero attached hydrogens (tertiary/aromatic N) is 2. The van der Waals surface area contributed by atoms with E-state index in [0.29, 0.717) is 23.1 Å². The van der Waals surface area contributed by atoms with Crippen LogP contribution in [0.25, 0.3) is 0 Å². The third-order valence-electron chi connectivity index (χ3n) is 9.14. The number of carbonyl (C=O) groups is 4. The van der Waals surface area contributed by atoms with E-state index in [1.54, 1.807) is 26.0 Å². The molecule has 2 aromatic rings. The molecule has 6 rings (SSSR count). The first-order chi connectivity index (χ1) is 19.0. The van der Waals surface area contributed by atoms with Gasteiger partial charge in [-0.15, -0.1) is 23.2 Å². The molecule has 0 unspecified atom stereocenters. The summed E-state index contributed by atoms with van der Waals surface area (Å²) in [6, 6.07) is 12.8. The fourth-order valence-corrected chi connectivity index (χ4v) is 8.70. The van der Waals surface area contributed by atoms with Crippen molar-refractivity contribution < 1.29 is 24.3 Å². The first-order valence-corrected chi connectivity index (χ1v) is 15.0. The number of amides is 4. The van der Waals surface area contributed by atoms with Gasteiger partial charge in [-0.05, 0) is 54.9 Å². The third kappa shape index (κ3) is 3.55. The molecule has 6 atom stereocenters. The van der Waals surface area contributed by atoms with E-state index in [4.69, 9.17) is 23.2 Å². The van der Waals surface area contributed by atoms with E-state index in [-0.39, 0.29) is 36.0 Å². The predicted octanol–water partition coefficient (Wildman–Crippen LogP) is 4.92. The number of likely N-dealkylation sites (tertiary alicyclic amines) is 2. The van der Waals surface area contributed by atoms with Gasteiger partial charge in [-0.3, -0.25) is 29.0 Å². The van der Waals surface area contributed by atoms with Crippen molar-refractivity contribution in [2.75, 3.05) is 5.45 Å². The minimum Gasteiger partial charge on any atom is -0.507 e. The molecule has 40 heavy (non-hydrogen) atoms. The Morgan fingerprint density at radius 2 is 1.60 bits per heavy atom. The van der Waals surface area contributed by atoms with E-state index in [1.165, 1.54) is 4.90 Å². The lowest BCUT2D eigenvalue weighted by Gasteiger charge is -2.51. The largest absolute Gasteiger partial charge is 0.507 e. The zero-order valence-corrected chi connectivity index (χ0v) is 25.0. The van der Waals surface area contributed by atoms with Crippen LogP contribution in [-0.4, -0.2) is 53.7 Å². The van der Waals surface area contributed by atoms with E-state index in [1.807, 2.05) is 36.4 Å². The van der Waals surface area contributed by atoms with Crippen LogP contribution < -0.4 is 0 Å². The molecule has 2 saturated heterocycles. The normalized spacial score (nSPS) is 33.2. The number of carbonyl (C=O) groups excluding carboxylic acids is 4. The molecule has 0 radical (unpaired) electrons. The van der Waals surface area contributed by atoms with Crippen LogP contribution in [0.5, 0.6) is 5.75 Å². The van der Waals surface area contributed by atoms with Crippen LogP contribution in [0.1, 0.15) is 41.0 Å². The van der Waals surface area contributed by atoms with Crippen LogP contribution in [0.2, 0.25) is 0 Å². The molecule has 3 fully saturated rings. The standard InChI is InChI=1S/C30H27BrCl2N2O5/c1-15-10-18(11-16(2)24(15)36)23-19-8-9-20-22(26(38)34(25(20)37)13-17-6-4-3-5-7-17)21(19)12-29(32)27(39)35(14-31)28(40)30(23,29)33/h3-8,10-11,20-23,36H,9,12-14H2,1-2H3/t20-,21+,22-,23-,29+,30-/m0/s1. The molecular formula is C30H27BrCl2N2O5.